The zero-order valence-corrected chi connectivity index (χ0v) is 13.6. The van der Waals surface area contributed by atoms with Gasteiger partial charge in [0.1, 0.15) is 22.9 Å². The van der Waals surface area contributed by atoms with Crippen LogP contribution in [0.15, 0.2) is 55.2 Å². The average molecular weight is 340 g/mol. The van der Waals surface area contributed by atoms with Gasteiger partial charge in [-0.15, -0.1) is 0 Å². The van der Waals surface area contributed by atoms with Gasteiger partial charge in [-0.05, 0) is 31.2 Å². The molecule has 4 aromatic heterocycles. The standard InChI is InChI=1S/C17H16N4O4/c1-2-20-16(22)14-15(19-13(18-14)9-11-5-3-7-24-11)21(17(20)23)10-12-6-4-8-25-12/h3-8H,2,9-10H2,1H3,(H,18,19). The molecule has 4 rings (SSSR count). The molecule has 0 saturated carbocycles. The maximum Gasteiger partial charge on any atom is 0.333 e. The predicted octanol–water partition coefficient (Wildman–Crippen LogP) is 1.73. The molecule has 0 aliphatic carbocycles. The number of imidazole rings is 1. The van der Waals surface area contributed by atoms with Crippen LogP contribution in [0.5, 0.6) is 0 Å². The molecule has 0 aliphatic heterocycles. The van der Waals surface area contributed by atoms with Crippen LogP contribution < -0.4 is 11.2 Å². The van der Waals surface area contributed by atoms with Gasteiger partial charge in [-0.25, -0.2) is 9.78 Å². The molecule has 128 valence electrons. The third-order valence-electron chi connectivity index (χ3n) is 4.04. The van der Waals surface area contributed by atoms with Crippen LogP contribution in [-0.2, 0) is 19.5 Å². The number of aromatic nitrogens is 4. The number of nitrogens with one attached hydrogen (secondary N) is 1. The molecule has 8 heteroatoms. The number of aromatic amines is 1. The van der Waals surface area contributed by atoms with E-state index in [2.05, 4.69) is 9.97 Å². The van der Waals surface area contributed by atoms with E-state index in [4.69, 9.17) is 8.83 Å². The lowest BCUT2D eigenvalue weighted by Crippen LogP contribution is -2.39. The summed E-state index contributed by atoms with van der Waals surface area (Å²) in [7, 11) is 0. The van der Waals surface area contributed by atoms with E-state index >= 15 is 0 Å². The number of nitrogens with zero attached hydrogens (tertiary/aromatic N) is 3. The molecule has 0 aromatic carbocycles. The van der Waals surface area contributed by atoms with Gasteiger partial charge in [0.15, 0.2) is 5.65 Å². The maximum atomic E-state index is 12.7. The van der Waals surface area contributed by atoms with Crippen molar-refractivity contribution in [1.82, 2.24) is 19.1 Å². The van der Waals surface area contributed by atoms with E-state index in [1.165, 1.54) is 9.13 Å². The van der Waals surface area contributed by atoms with Crippen LogP contribution in [0.3, 0.4) is 0 Å². The van der Waals surface area contributed by atoms with Gasteiger partial charge in [-0.2, -0.15) is 0 Å². The molecule has 1 N–H and O–H groups in total. The van der Waals surface area contributed by atoms with E-state index in [-0.39, 0.29) is 18.6 Å². The number of hydrogen-bond donors (Lipinski definition) is 1. The SMILES string of the molecule is CCn1c(=O)c2[nH]c(Cc3ccco3)nc2n(Cc2ccco2)c1=O. The summed E-state index contributed by atoms with van der Waals surface area (Å²) < 4.78 is 13.3. The lowest BCUT2D eigenvalue weighted by molar-refractivity contribution is 0.483. The number of furan rings is 2. The molecule has 0 atom stereocenters. The quantitative estimate of drug-likeness (QED) is 0.596. The number of hydrogen-bond acceptors (Lipinski definition) is 5. The lowest BCUT2D eigenvalue weighted by atomic mass is 10.3. The van der Waals surface area contributed by atoms with Crippen molar-refractivity contribution >= 4 is 11.2 Å². The Labute approximate surface area is 141 Å². The van der Waals surface area contributed by atoms with Crippen molar-refractivity contribution in [3.05, 3.63) is 75.0 Å². The van der Waals surface area contributed by atoms with E-state index in [1.807, 2.05) is 6.07 Å². The Morgan fingerprint density at radius 3 is 2.44 bits per heavy atom. The number of fused-ring (bicyclic) bond motifs is 1. The monoisotopic (exact) mass is 340 g/mol. The molecule has 0 saturated heterocycles. The van der Waals surface area contributed by atoms with E-state index in [1.54, 1.807) is 37.6 Å². The normalized spacial score (nSPS) is 11.4. The molecular weight excluding hydrogens is 324 g/mol. The van der Waals surface area contributed by atoms with E-state index in [9.17, 15) is 9.59 Å². The first-order valence-electron chi connectivity index (χ1n) is 7.94. The molecule has 0 bridgehead atoms. The maximum absolute atomic E-state index is 12.7. The Morgan fingerprint density at radius 2 is 1.80 bits per heavy atom. The molecular formula is C17H16N4O4. The highest BCUT2D eigenvalue weighted by atomic mass is 16.3. The predicted molar refractivity (Wildman–Crippen MR) is 89.6 cm³/mol. The highest BCUT2D eigenvalue weighted by molar-refractivity contribution is 5.70. The molecule has 0 fully saturated rings. The zero-order valence-electron chi connectivity index (χ0n) is 13.6. The Morgan fingerprint density at radius 1 is 1.08 bits per heavy atom. The minimum absolute atomic E-state index is 0.202. The second-order valence-corrected chi connectivity index (χ2v) is 5.64. The number of rotatable bonds is 5. The minimum Gasteiger partial charge on any atom is -0.469 e. The first kappa shape index (κ1) is 15.3. The summed E-state index contributed by atoms with van der Waals surface area (Å²) >= 11 is 0. The van der Waals surface area contributed by atoms with E-state index in [0.717, 1.165) is 5.76 Å². The molecule has 4 aromatic rings. The molecule has 0 aliphatic rings. The third kappa shape index (κ3) is 2.61. The van der Waals surface area contributed by atoms with Crippen LogP contribution in [0.25, 0.3) is 11.2 Å². The summed E-state index contributed by atoms with van der Waals surface area (Å²) in [6.45, 7) is 2.23. The average Bonchev–Trinajstić information content (AvgIpc) is 3.34. The van der Waals surface area contributed by atoms with Gasteiger partial charge >= 0.3 is 5.69 Å². The van der Waals surface area contributed by atoms with Gasteiger partial charge in [0.2, 0.25) is 0 Å². The van der Waals surface area contributed by atoms with E-state index < -0.39 is 5.69 Å². The second-order valence-electron chi connectivity index (χ2n) is 5.64. The molecule has 0 amide bonds. The van der Waals surface area contributed by atoms with Crippen molar-refractivity contribution in [1.29, 1.82) is 0 Å². The van der Waals surface area contributed by atoms with Crippen LogP contribution in [-0.4, -0.2) is 19.1 Å². The second kappa shape index (κ2) is 5.97. The van der Waals surface area contributed by atoms with Crippen molar-refractivity contribution in [2.45, 2.75) is 26.4 Å². The summed E-state index contributed by atoms with van der Waals surface area (Å²) in [5, 5.41) is 0. The molecule has 25 heavy (non-hydrogen) atoms. The Hall–Kier alpha value is -3.29. The first-order valence-corrected chi connectivity index (χ1v) is 7.94. The fourth-order valence-electron chi connectivity index (χ4n) is 2.86. The van der Waals surface area contributed by atoms with Gasteiger partial charge in [-0.3, -0.25) is 13.9 Å². The lowest BCUT2D eigenvalue weighted by Gasteiger charge is -2.08. The van der Waals surface area contributed by atoms with Gasteiger partial charge in [0, 0.05) is 6.54 Å². The third-order valence-corrected chi connectivity index (χ3v) is 4.04. The largest absolute Gasteiger partial charge is 0.469 e. The topological polar surface area (TPSA) is 99.0 Å². The van der Waals surface area contributed by atoms with Crippen molar-refractivity contribution < 1.29 is 8.83 Å². The zero-order chi connectivity index (χ0) is 17.4. The van der Waals surface area contributed by atoms with Crippen molar-refractivity contribution in [2.24, 2.45) is 0 Å². The van der Waals surface area contributed by atoms with Crippen LogP contribution >= 0.6 is 0 Å². The summed E-state index contributed by atoms with van der Waals surface area (Å²) in [5.41, 5.74) is -0.170. The molecule has 0 radical (unpaired) electrons. The molecule has 8 nitrogen and oxygen atoms in total. The van der Waals surface area contributed by atoms with Crippen molar-refractivity contribution in [3.8, 4) is 0 Å². The van der Waals surface area contributed by atoms with Gasteiger partial charge in [-0.1, -0.05) is 0 Å². The van der Waals surface area contributed by atoms with Gasteiger partial charge in [0.05, 0.1) is 25.5 Å². The van der Waals surface area contributed by atoms with Gasteiger partial charge < -0.3 is 13.8 Å². The first-order chi connectivity index (χ1) is 12.2. The van der Waals surface area contributed by atoms with Crippen LogP contribution in [0.1, 0.15) is 24.3 Å². The fourth-order valence-corrected chi connectivity index (χ4v) is 2.86. The fraction of sp³-hybridized carbons (Fsp3) is 0.235. The van der Waals surface area contributed by atoms with E-state index in [0.29, 0.717) is 29.2 Å². The summed E-state index contributed by atoms with van der Waals surface area (Å²) in [5.74, 6) is 1.89. The smallest absolute Gasteiger partial charge is 0.333 e. The van der Waals surface area contributed by atoms with Crippen LogP contribution in [0.4, 0.5) is 0 Å². The summed E-state index contributed by atoms with van der Waals surface area (Å²) in [6, 6.07) is 7.14. The van der Waals surface area contributed by atoms with Crippen molar-refractivity contribution in [3.63, 3.8) is 0 Å². The molecule has 0 unspecified atom stereocenters. The summed E-state index contributed by atoms with van der Waals surface area (Å²) in [6.07, 6.45) is 3.53. The van der Waals surface area contributed by atoms with Crippen LogP contribution in [0, 0.1) is 0 Å². The molecule has 0 spiro atoms. The minimum atomic E-state index is -0.410. The van der Waals surface area contributed by atoms with Crippen molar-refractivity contribution in [2.75, 3.05) is 0 Å². The van der Waals surface area contributed by atoms with Crippen LogP contribution in [0.2, 0.25) is 0 Å². The number of H-pyrrole nitrogens is 1. The molecule has 4 heterocycles. The highest BCUT2D eigenvalue weighted by Gasteiger charge is 2.18. The summed E-state index contributed by atoms with van der Waals surface area (Å²) in [4.78, 5) is 32.8. The highest BCUT2D eigenvalue weighted by Crippen LogP contribution is 2.12. The Bertz CT molecular complexity index is 1110. The van der Waals surface area contributed by atoms with Gasteiger partial charge in [0.25, 0.3) is 5.56 Å². The Kier molecular flexibility index (Phi) is 3.64. The Balaban J connectivity index is 1.90.